The van der Waals surface area contributed by atoms with Crippen LogP contribution in [-0.4, -0.2) is 18.2 Å². The normalized spacial score (nSPS) is 14.1. The van der Waals surface area contributed by atoms with Crippen molar-refractivity contribution in [3.05, 3.63) is 80.8 Å². The van der Waals surface area contributed by atoms with Gasteiger partial charge in [0.2, 0.25) is 0 Å². The third-order valence-corrected chi connectivity index (χ3v) is 7.60. The Morgan fingerprint density at radius 2 is 1.91 bits per heavy atom. The Kier molecular flexibility index (Phi) is 6.38. The molecular formula is C26H21Cl2NO4S. The van der Waals surface area contributed by atoms with Crippen molar-refractivity contribution in [1.82, 2.24) is 5.16 Å². The molecule has 0 N–H and O–H groups in total. The van der Waals surface area contributed by atoms with E-state index in [1.165, 1.54) is 18.4 Å². The quantitative estimate of drug-likeness (QED) is 0.234. The molecule has 0 amide bonds. The van der Waals surface area contributed by atoms with Crippen LogP contribution in [0.15, 0.2) is 59.3 Å². The number of hydrogen-bond donors (Lipinski definition) is 0. The van der Waals surface area contributed by atoms with Crippen molar-refractivity contribution in [1.29, 1.82) is 0 Å². The van der Waals surface area contributed by atoms with Crippen molar-refractivity contribution < 1.29 is 18.8 Å². The number of halogens is 2. The number of nitrogens with zero attached hydrogens (tertiary/aromatic N) is 1. The summed E-state index contributed by atoms with van der Waals surface area (Å²) in [6.45, 7) is 2.03. The zero-order chi connectivity index (χ0) is 23.8. The van der Waals surface area contributed by atoms with E-state index in [1.807, 2.05) is 31.2 Å². The maximum absolute atomic E-state index is 11.8. The molecule has 1 fully saturated rings. The summed E-state index contributed by atoms with van der Waals surface area (Å²) in [4.78, 5) is 13.4. The van der Waals surface area contributed by atoms with Gasteiger partial charge in [-0.1, -0.05) is 34.4 Å². The van der Waals surface area contributed by atoms with Gasteiger partial charge in [-0.2, -0.15) is 0 Å². The Bertz CT molecular complexity index is 1340. The van der Waals surface area contributed by atoms with Crippen LogP contribution in [-0.2, 0) is 4.74 Å². The van der Waals surface area contributed by atoms with E-state index in [-0.39, 0.29) is 12.1 Å². The van der Waals surface area contributed by atoms with Gasteiger partial charge >= 0.3 is 5.97 Å². The van der Waals surface area contributed by atoms with Crippen molar-refractivity contribution in [3.63, 3.8) is 0 Å². The highest BCUT2D eigenvalue weighted by molar-refractivity contribution is 7.17. The second-order valence-electron chi connectivity index (χ2n) is 8.22. The first-order valence-corrected chi connectivity index (χ1v) is 12.4. The lowest BCUT2D eigenvalue weighted by Gasteiger charge is -2.20. The van der Waals surface area contributed by atoms with Crippen molar-refractivity contribution in [3.8, 4) is 27.4 Å². The standard InChI is InChI=1S/C26H21Cl2NO4S/c1-14-12-16(8-9-17(14)21-10-11-22(34-21)26(30)31-2)33-25(15-6-7-15)18-13-32-29-24(18)23-19(27)4-3-5-20(23)28/h3-5,8-13,15,25H,6-7H2,1-2H3. The molecule has 0 bridgehead atoms. The highest BCUT2D eigenvalue weighted by atomic mass is 35.5. The summed E-state index contributed by atoms with van der Waals surface area (Å²) in [6, 6.07) is 15.1. The van der Waals surface area contributed by atoms with Gasteiger partial charge in [0.1, 0.15) is 28.7 Å². The number of benzene rings is 2. The van der Waals surface area contributed by atoms with Crippen LogP contribution in [0.5, 0.6) is 5.75 Å². The summed E-state index contributed by atoms with van der Waals surface area (Å²) >= 11 is 14.3. The minimum atomic E-state index is -0.329. The molecule has 1 aliphatic carbocycles. The number of esters is 1. The second kappa shape index (κ2) is 9.45. The smallest absolute Gasteiger partial charge is 0.348 e. The molecule has 0 spiro atoms. The molecule has 1 aliphatic rings. The third kappa shape index (κ3) is 4.45. The topological polar surface area (TPSA) is 61.6 Å². The molecule has 0 aliphatic heterocycles. The molecule has 4 aromatic rings. The molecule has 0 radical (unpaired) electrons. The van der Waals surface area contributed by atoms with Crippen LogP contribution in [0, 0.1) is 12.8 Å². The first-order chi connectivity index (χ1) is 16.5. The van der Waals surface area contributed by atoms with E-state index in [0.717, 1.165) is 40.2 Å². The van der Waals surface area contributed by atoms with Crippen LogP contribution in [0.25, 0.3) is 21.7 Å². The number of aromatic nitrogens is 1. The number of carbonyl (C=O) groups excluding carboxylic acids is 1. The van der Waals surface area contributed by atoms with Crippen molar-refractivity contribution >= 4 is 40.5 Å². The van der Waals surface area contributed by atoms with Crippen LogP contribution < -0.4 is 4.74 Å². The Morgan fingerprint density at radius 1 is 1.15 bits per heavy atom. The summed E-state index contributed by atoms with van der Waals surface area (Å²) in [5, 5.41) is 5.24. The van der Waals surface area contributed by atoms with E-state index in [1.54, 1.807) is 30.5 Å². The molecule has 5 rings (SSSR count). The zero-order valence-electron chi connectivity index (χ0n) is 18.5. The van der Waals surface area contributed by atoms with Gasteiger partial charge in [0.15, 0.2) is 0 Å². The summed E-state index contributed by atoms with van der Waals surface area (Å²) in [7, 11) is 1.38. The molecule has 2 heterocycles. The summed E-state index contributed by atoms with van der Waals surface area (Å²) in [5.41, 5.74) is 4.18. The summed E-state index contributed by atoms with van der Waals surface area (Å²) in [6.07, 6.45) is 3.52. The monoisotopic (exact) mass is 513 g/mol. The molecule has 8 heteroatoms. The Morgan fingerprint density at radius 3 is 2.59 bits per heavy atom. The molecule has 1 atom stereocenters. The molecule has 34 heavy (non-hydrogen) atoms. The van der Waals surface area contributed by atoms with Gasteiger partial charge in [-0.15, -0.1) is 11.3 Å². The lowest BCUT2D eigenvalue weighted by Crippen LogP contribution is -2.10. The SMILES string of the molecule is COC(=O)c1ccc(-c2ccc(OC(c3conc3-c3c(Cl)cccc3Cl)C3CC3)cc2C)s1. The van der Waals surface area contributed by atoms with E-state index in [2.05, 4.69) is 5.16 Å². The lowest BCUT2D eigenvalue weighted by molar-refractivity contribution is 0.0606. The van der Waals surface area contributed by atoms with Gasteiger partial charge in [0.05, 0.1) is 22.7 Å². The second-order valence-corrected chi connectivity index (χ2v) is 10.1. The number of rotatable bonds is 7. The molecule has 1 unspecified atom stereocenters. The summed E-state index contributed by atoms with van der Waals surface area (Å²) < 4.78 is 16.7. The van der Waals surface area contributed by atoms with E-state index in [0.29, 0.717) is 32.1 Å². The summed E-state index contributed by atoms with van der Waals surface area (Å²) in [5.74, 6) is 0.781. The van der Waals surface area contributed by atoms with E-state index >= 15 is 0 Å². The minimum absolute atomic E-state index is 0.230. The Labute approximate surface area is 211 Å². The van der Waals surface area contributed by atoms with E-state index < -0.39 is 0 Å². The zero-order valence-corrected chi connectivity index (χ0v) is 20.8. The van der Waals surface area contributed by atoms with Crippen LogP contribution in [0.4, 0.5) is 0 Å². The van der Waals surface area contributed by atoms with Gasteiger partial charge in [-0.05, 0) is 73.4 Å². The lowest BCUT2D eigenvalue weighted by atomic mass is 10.0. The van der Waals surface area contributed by atoms with E-state index in [9.17, 15) is 4.79 Å². The maximum atomic E-state index is 11.8. The third-order valence-electron chi connectivity index (χ3n) is 5.87. The molecule has 5 nitrogen and oxygen atoms in total. The number of aryl methyl sites for hydroxylation is 1. The van der Waals surface area contributed by atoms with Crippen LogP contribution in [0.2, 0.25) is 10.0 Å². The van der Waals surface area contributed by atoms with Crippen molar-refractivity contribution in [2.45, 2.75) is 25.9 Å². The van der Waals surface area contributed by atoms with Gasteiger partial charge in [-0.25, -0.2) is 4.79 Å². The maximum Gasteiger partial charge on any atom is 0.348 e. The molecule has 174 valence electrons. The number of methoxy groups -OCH3 is 1. The van der Waals surface area contributed by atoms with Crippen LogP contribution in [0.1, 0.15) is 39.7 Å². The predicted molar refractivity (Wildman–Crippen MR) is 134 cm³/mol. The van der Waals surface area contributed by atoms with Gasteiger partial charge in [-0.3, -0.25) is 0 Å². The van der Waals surface area contributed by atoms with Crippen molar-refractivity contribution in [2.24, 2.45) is 5.92 Å². The molecule has 0 saturated heterocycles. The fourth-order valence-corrected chi connectivity index (χ4v) is 5.59. The fraction of sp³-hybridized carbons (Fsp3) is 0.231. The number of carbonyl (C=O) groups is 1. The van der Waals surface area contributed by atoms with Crippen LogP contribution >= 0.6 is 34.5 Å². The molecule has 1 saturated carbocycles. The average molecular weight is 514 g/mol. The highest BCUT2D eigenvalue weighted by Crippen LogP contribution is 2.48. The fourth-order valence-electron chi connectivity index (χ4n) is 4.00. The number of thiophene rings is 1. The van der Waals surface area contributed by atoms with Gasteiger partial charge in [0, 0.05) is 16.4 Å². The first-order valence-electron chi connectivity index (χ1n) is 10.8. The molecular weight excluding hydrogens is 493 g/mol. The Hall–Kier alpha value is -2.80. The van der Waals surface area contributed by atoms with E-state index in [4.69, 9.17) is 37.2 Å². The number of hydrogen-bond acceptors (Lipinski definition) is 6. The van der Waals surface area contributed by atoms with Gasteiger partial charge < -0.3 is 14.0 Å². The van der Waals surface area contributed by atoms with Gasteiger partial charge in [0.25, 0.3) is 0 Å². The minimum Gasteiger partial charge on any atom is -0.485 e. The van der Waals surface area contributed by atoms with Crippen LogP contribution in [0.3, 0.4) is 0 Å². The predicted octanol–water partition coefficient (Wildman–Crippen LogP) is 8.00. The number of ether oxygens (including phenoxy) is 2. The largest absolute Gasteiger partial charge is 0.485 e. The average Bonchev–Trinajstić information content (AvgIpc) is 3.35. The van der Waals surface area contributed by atoms with Crippen molar-refractivity contribution in [2.75, 3.05) is 7.11 Å². The first kappa shape index (κ1) is 23.0. The Balaban J connectivity index is 1.44. The highest BCUT2D eigenvalue weighted by Gasteiger charge is 2.38. The molecule has 2 aromatic carbocycles. The molecule has 2 aromatic heterocycles.